The molecule has 6 nitrogen and oxygen atoms in total. The monoisotopic (exact) mass is 469 g/mol. The molecule has 178 valence electrons. The van der Waals surface area contributed by atoms with Gasteiger partial charge in [-0.3, -0.25) is 9.69 Å². The van der Waals surface area contributed by atoms with Gasteiger partial charge in [-0.15, -0.1) is 4.98 Å². The molecule has 0 aliphatic carbocycles. The van der Waals surface area contributed by atoms with Crippen LogP contribution in [0.2, 0.25) is 0 Å². The van der Waals surface area contributed by atoms with Crippen molar-refractivity contribution in [2.45, 2.75) is 45.1 Å². The Hall–Kier alpha value is -3.38. The number of aryl methyl sites for hydroxylation is 1. The van der Waals surface area contributed by atoms with Gasteiger partial charge < -0.3 is 14.3 Å². The van der Waals surface area contributed by atoms with Gasteiger partial charge >= 0.3 is 6.18 Å². The predicted molar refractivity (Wildman–Crippen MR) is 126 cm³/mol. The number of aromatic nitrogens is 2. The third-order valence-electron chi connectivity index (χ3n) is 6.73. The summed E-state index contributed by atoms with van der Waals surface area (Å²) in [4.78, 5) is 25.0. The molecule has 2 aromatic heterocycles. The van der Waals surface area contributed by atoms with Gasteiger partial charge in [0.1, 0.15) is 0 Å². The summed E-state index contributed by atoms with van der Waals surface area (Å²) in [5.74, 6) is 0.266. The van der Waals surface area contributed by atoms with Gasteiger partial charge in [0.25, 0.3) is 11.4 Å². The van der Waals surface area contributed by atoms with E-state index in [9.17, 15) is 18.0 Å². The molecule has 0 bridgehead atoms. The van der Waals surface area contributed by atoms with Crippen LogP contribution in [0.5, 0.6) is 0 Å². The van der Waals surface area contributed by atoms with Crippen LogP contribution in [-0.2, 0) is 13.2 Å². The van der Waals surface area contributed by atoms with Crippen molar-refractivity contribution in [1.82, 2.24) is 14.5 Å². The summed E-state index contributed by atoms with van der Waals surface area (Å²) in [5, 5.41) is 0. The molecule has 1 aromatic carbocycles. The van der Waals surface area contributed by atoms with Crippen LogP contribution in [0.3, 0.4) is 0 Å². The molecular weight excluding hydrogens is 443 g/mol. The largest absolute Gasteiger partial charge is 0.416 e. The maximum Gasteiger partial charge on any atom is 0.416 e. The van der Waals surface area contributed by atoms with E-state index in [-0.39, 0.29) is 29.5 Å². The molecule has 0 N–H and O–H groups in total. The zero-order valence-electron chi connectivity index (χ0n) is 19.5. The fourth-order valence-electron chi connectivity index (χ4n) is 4.75. The predicted octanol–water partition coefficient (Wildman–Crippen LogP) is 5.16. The topological polar surface area (TPSA) is 45.7 Å². The minimum absolute atomic E-state index is 0.0156. The first-order valence-corrected chi connectivity index (χ1v) is 11.1. The van der Waals surface area contributed by atoms with Gasteiger partial charge in [-0.1, -0.05) is 18.7 Å². The van der Waals surface area contributed by atoms with Crippen molar-refractivity contribution in [3.8, 4) is 0 Å². The minimum Gasteiger partial charge on any atom is -0.362 e. The van der Waals surface area contributed by atoms with Gasteiger partial charge in [-0.05, 0) is 50.6 Å². The standard InChI is InChI=1S/C25H26F3N5O/c1-15-14-33(21-12-23(34)31(5)20-10-11-22(29-4)30-24(20)21)16(2)13-32(15)17(3)18-6-8-19(9-7-18)25(26,27)28/h6-12,15-17H,13-14H2,1-3,5H3/t15-,16+,17?/m0/s1. The minimum atomic E-state index is -4.36. The normalized spacial score (nSPS) is 20.4. The molecule has 0 saturated carbocycles. The van der Waals surface area contributed by atoms with Gasteiger partial charge in [0.15, 0.2) is 0 Å². The molecule has 4 rings (SSSR count). The van der Waals surface area contributed by atoms with Crippen molar-refractivity contribution in [2.24, 2.45) is 7.05 Å². The SMILES string of the molecule is [C-]#[N+]c1ccc2c(n1)c(N1C[C@H](C)N(C(C)c3ccc(C(F)(F)F)cc3)C[C@H]1C)cc(=O)n2C. The molecule has 3 atom stereocenters. The van der Waals surface area contributed by atoms with Crippen molar-refractivity contribution < 1.29 is 13.2 Å². The van der Waals surface area contributed by atoms with Crippen LogP contribution in [0, 0.1) is 6.57 Å². The van der Waals surface area contributed by atoms with E-state index in [0.717, 1.165) is 17.7 Å². The molecule has 0 amide bonds. The summed E-state index contributed by atoms with van der Waals surface area (Å²) in [6.07, 6.45) is -4.36. The molecule has 0 radical (unpaired) electrons. The van der Waals surface area contributed by atoms with Crippen molar-refractivity contribution in [3.63, 3.8) is 0 Å². The lowest BCUT2D eigenvalue weighted by atomic mass is 9.99. The number of halogens is 3. The Balaban J connectivity index is 1.64. The van der Waals surface area contributed by atoms with Gasteiger partial charge in [-0.25, -0.2) is 0 Å². The average Bonchev–Trinajstić information content (AvgIpc) is 2.81. The molecule has 1 fully saturated rings. The summed E-state index contributed by atoms with van der Waals surface area (Å²) in [6.45, 7) is 14.7. The highest BCUT2D eigenvalue weighted by atomic mass is 19.4. The average molecular weight is 470 g/mol. The fourth-order valence-corrected chi connectivity index (χ4v) is 4.75. The van der Waals surface area contributed by atoms with Gasteiger partial charge in [0.2, 0.25) is 5.52 Å². The van der Waals surface area contributed by atoms with E-state index in [2.05, 4.69) is 33.5 Å². The Morgan fingerprint density at radius 1 is 1.09 bits per heavy atom. The first kappa shape index (κ1) is 23.8. The summed E-state index contributed by atoms with van der Waals surface area (Å²) in [7, 11) is 1.68. The van der Waals surface area contributed by atoms with Crippen molar-refractivity contribution >= 4 is 22.5 Å². The van der Waals surface area contributed by atoms with E-state index < -0.39 is 11.7 Å². The van der Waals surface area contributed by atoms with E-state index in [1.807, 2.05) is 6.92 Å². The number of piperazine rings is 1. The molecule has 3 heterocycles. The molecule has 0 spiro atoms. The number of benzene rings is 1. The summed E-state index contributed by atoms with van der Waals surface area (Å²) in [5.41, 5.74) is 1.99. The van der Waals surface area contributed by atoms with Gasteiger partial charge in [-0.2, -0.15) is 13.2 Å². The van der Waals surface area contributed by atoms with E-state index >= 15 is 0 Å². The van der Waals surface area contributed by atoms with Crippen LogP contribution in [0.4, 0.5) is 24.7 Å². The number of hydrogen-bond acceptors (Lipinski definition) is 4. The van der Waals surface area contributed by atoms with Crippen LogP contribution in [0.1, 0.15) is 37.9 Å². The second-order valence-electron chi connectivity index (χ2n) is 8.92. The summed E-state index contributed by atoms with van der Waals surface area (Å²) >= 11 is 0. The van der Waals surface area contributed by atoms with Gasteiger partial charge in [0, 0.05) is 44.3 Å². The maximum absolute atomic E-state index is 12.9. The van der Waals surface area contributed by atoms with E-state index in [4.69, 9.17) is 6.57 Å². The Bertz CT molecular complexity index is 1310. The molecule has 1 saturated heterocycles. The lowest BCUT2D eigenvalue weighted by Gasteiger charge is -2.47. The number of hydrogen-bond donors (Lipinski definition) is 0. The maximum atomic E-state index is 12.9. The van der Waals surface area contributed by atoms with E-state index in [1.54, 1.807) is 37.4 Å². The highest BCUT2D eigenvalue weighted by Crippen LogP contribution is 2.34. The first-order valence-electron chi connectivity index (χ1n) is 11.1. The number of alkyl halides is 3. The van der Waals surface area contributed by atoms with Crippen LogP contribution in [0.25, 0.3) is 15.9 Å². The van der Waals surface area contributed by atoms with E-state index in [0.29, 0.717) is 29.8 Å². The van der Waals surface area contributed by atoms with Crippen LogP contribution >= 0.6 is 0 Å². The smallest absolute Gasteiger partial charge is 0.362 e. The molecule has 9 heteroatoms. The molecule has 3 aromatic rings. The second-order valence-corrected chi connectivity index (χ2v) is 8.92. The van der Waals surface area contributed by atoms with Crippen molar-refractivity contribution in [1.29, 1.82) is 0 Å². The highest BCUT2D eigenvalue weighted by Gasteiger charge is 2.35. The molecule has 1 unspecified atom stereocenters. The van der Waals surface area contributed by atoms with E-state index in [1.165, 1.54) is 4.57 Å². The fraction of sp³-hybridized carbons (Fsp3) is 0.400. The third kappa shape index (κ3) is 4.26. The lowest BCUT2D eigenvalue weighted by molar-refractivity contribution is -0.137. The summed E-state index contributed by atoms with van der Waals surface area (Å²) in [6, 6.07) is 10.3. The first-order chi connectivity index (χ1) is 16.0. The van der Waals surface area contributed by atoms with Crippen LogP contribution < -0.4 is 10.5 Å². The van der Waals surface area contributed by atoms with Gasteiger partial charge in [0.05, 0.1) is 16.8 Å². The lowest BCUT2D eigenvalue weighted by Crippen LogP contribution is -2.57. The van der Waals surface area contributed by atoms with Crippen molar-refractivity contribution in [2.75, 3.05) is 18.0 Å². The van der Waals surface area contributed by atoms with Crippen LogP contribution in [0.15, 0.2) is 47.3 Å². The Labute approximate surface area is 196 Å². The zero-order chi connectivity index (χ0) is 24.8. The number of fused-ring (bicyclic) bond motifs is 1. The molecule has 1 aliphatic rings. The Kier molecular flexibility index (Phi) is 6.13. The Morgan fingerprint density at radius 2 is 1.76 bits per heavy atom. The second kappa shape index (κ2) is 8.76. The number of anilines is 1. The zero-order valence-corrected chi connectivity index (χ0v) is 19.5. The number of pyridine rings is 2. The molecular formula is C25H26F3N5O. The number of nitrogens with zero attached hydrogens (tertiary/aromatic N) is 5. The van der Waals surface area contributed by atoms with Crippen molar-refractivity contribution in [3.05, 3.63) is 75.4 Å². The summed E-state index contributed by atoms with van der Waals surface area (Å²) < 4.78 is 40.4. The highest BCUT2D eigenvalue weighted by molar-refractivity contribution is 5.89. The number of rotatable bonds is 3. The molecule has 1 aliphatic heterocycles. The quantitative estimate of drug-likeness (QED) is 0.497. The third-order valence-corrected chi connectivity index (χ3v) is 6.73. The molecule has 34 heavy (non-hydrogen) atoms. The Morgan fingerprint density at radius 3 is 2.38 bits per heavy atom. The van der Waals surface area contributed by atoms with Crippen LogP contribution in [-0.4, -0.2) is 39.6 Å².